The number of sulfonamides is 1. The van der Waals surface area contributed by atoms with E-state index >= 15 is 0 Å². The molecule has 1 N–H and O–H groups in total. The summed E-state index contributed by atoms with van der Waals surface area (Å²) in [6.07, 6.45) is 0. The maximum Gasteiger partial charge on any atom is 0.264 e. The second-order valence-corrected chi connectivity index (χ2v) is 12.1. The summed E-state index contributed by atoms with van der Waals surface area (Å²) in [6, 6.07) is 17.1. The van der Waals surface area contributed by atoms with E-state index in [1.54, 1.807) is 19.1 Å². The summed E-state index contributed by atoms with van der Waals surface area (Å²) in [5.74, 6) is -1.21. The fourth-order valence-corrected chi connectivity index (χ4v) is 5.34. The molecular weight excluding hydrogens is 541 g/mol. The number of hydrogen-bond donors (Lipinski definition) is 1. The van der Waals surface area contributed by atoms with Gasteiger partial charge >= 0.3 is 0 Å². The first-order valence-electron chi connectivity index (χ1n) is 12.5. The molecule has 0 aliphatic rings. The lowest BCUT2D eigenvalue weighted by Gasteiger charge is -2.32. The molecule has 0 aliphatic carbocycles. The number of hydrogen-bond acceptors (Lipinski definition) is 4. The van der Waals surface area contributed by atoms with Crippen LogP contribution in [0.4, 0.5) is 10.1 Å². The van der Waals surface area contributed by atoms with Crippen LogP contribution in [0.2, 0.25) is 5.02 Å². The van der Waals surface area contributed by atoms with Gasteiger partial charge in [-0.3, -0.25) is 13.9 Å². The molecule has 0 fully saturated rings. The summed E-state index contributed by atoms with van der Waals surface area (Å²) in [7, 11) is -4.17. The number of anilines is 1. The second kappa shape index (κ2) is 13.1. The lowest BCUT2D eigenvalue weighted by atomic mass is 10.1. The lowest BCUT2D eigenvalue weighted by Crippen LogP contribution is -2.51. The van der Waals surface area contributed by atoms with Crippen LogP contribution >= 0.6 is 11.6 Å². The van der Waals surface area contributed by atoms with Gasteiger partial charge in [-0.25, -0.2) is 12.8 Å². The van der Waals surface area contributed by atoms with E-state index < -0.39 is 34.3 Å². The summed E-state index contributed by atoms with van der Waals surface area (Å²) in [5.41, 5.74) is 1.72. The fraction of sp³-hybridized carbons (Fsp3) is 0.310. The van der Waals surface area contributed by atoms with Crippen molar-refractivity contribution in [3.8, 4) is 0 Å². The Morgan fingerprint density at radius 2 is 1.51 bits per heavy atom. The number of amides is 2. The summed E-state index contributed by atoms with van der Waals surface area (Å²) in [5, 5.41) is 3.23. The van der Waals surface area contributed by atoms with Crippen molar-refractivity contribution in [2.24, 2.45) is 5.92 Å². The van der Waals surface area contributed by atoms with Crippen molar-refractivity contribution < 1.29 is 22.4 Å². The fourth-order valence-electron chi connectivity index (χ4n) is 3.80. The van der Waals surface area contributed by atoms with Gasteiger partial charge in [0, 0.05) is 18.1 Å². The quantitative estimate of drug-likeness (QED) is 0.343. The van der Waals surface area contributed by atoms with Crippen LogP contribution in [0.5, 0.6) is 0 Å². The van der Waals surface area contributed by atoms with Crippen LogP contribution in [0.15, 0.2) is 77.7 Å². The van der Waals surface area contributed by atoms with Gasteiger partial charge in [0.05, 0.1) is 10.6 Å². The summed E-state index contributed by atoms with van der Waals surface area (Å²) < 4.78 is 42.1. The Kier molecular flexibility index (Phi) is 10.1. The van der Waals surface area contributed by atoms with Crippen LogP contribution in [-0.4, -0.2) is 44.3 Å². The van der Waals surface area contributed by atoms with Crippen molar-refractivity contribution in [2.75, 3.05) is 17.4 Å². The molecule has 0 spiro atoms. The standard InChI is InChI=1S/C29H33ClFN3O4S/c1-20(2)17-32-29(36)22(4)33(18-23-7-11-25(31)12-8-23)28(35)19-34(26-13-9-24(30)10-14-26)39(37,38)27-15-5-21(3)6-16-27/h5-16,20,22H,17-19H2,1-4H3,(H,32,36)/t22-/m1/s1. The molecule has 3 rings (SSSR count). The van der Waals surface area contributed by atoms with E-state index in [0.717, 1.165) is 9.87 Å². The van der Waals surface area contributed by atoms with E-state index in [4.69, 9.17) is 11.6 Å². The molecule has 3 aromatic rings. The number of nitrogens with zero attached hydrogens (tertiary/aromatic N) is 2. The molecule has 0 bridgehead atoms. The maximum atomic E-state index is 13.8. The smallest absolute Gasteiger partial charge is 0.264 e. The molecule has 0 radical (unpaired) electrons. The molecular formula is C29H33ClFN3O4S. The number of benzene rings is 3. The molecule has 0 aromatic heterocycles. The van der Waals surface area contributed by atoms with Gasteiger partial charge in [-0.2, -0.15) is 0 Å². The molecule has 0 heterocycles. The Bertz CT molecular complexity index is 1380. The molecule has 39 heavy (non-hydrogen) atoms. The van der Waals surface area contributed by atoms with Gasteiger partial charge in [-0.1, -0.05) is 55.3 Å². The highest BCUT2D eigenvalue weighted by Gasteiger charge is 2.32. The minimum Gasteiger partial charge on any atom is -0.354 e. The molecule has 1 atom stereocenters. The van der Waals surface area contributed by atoms with Crippen molar-refractivity contribution in [3.05, 3.63) is 94.8 Å². The Morgan fingerprint density at radius 1 is 0.923 bits per heavy atom. The number of halogens is 2. The van der Waals surface area contributed by atoms with Crippen molar-refractivity contribution in [2.45, 2.75) is 45.2 Å². The Balaban J connectivity index is 2.00. The third-order valence-corrected chi connectivity index (χ3v) is 8.16. The highest BCUT2D eigenvalue weighted by atomic mass is 35.5. The Hall–Kier alpha value is -3.43. The molecule has 3 aromatic carbocycles. The first kappa shape index (κ1) is 30.1. The number of carbonyl (C=O) groups excluding carboxylic acids is 2. The number of rotatable bonds is 11. The highest BCUT2D eigenvalue weighted by Crippen LogP contribution is 2.26. The second-order valence-electron chi connectivity index (χ2n) is 9.76. The van der Waals surface area contributed by atoms with Crippen molar-refractivity contribution in [1.29, 1.82) is 0 Å². The van der Waals surface area contributed by atoms with Crippen LogP contribution in [0.3, 0.4) is 0 Å². The SMILES string of the molecule is Cc1ccc(S(=O)(=O)N(CC(=O)N(Cc2ccc(F)cc2)[C@H](C)C(=O)NCC(C)C)c2ccc(Cl)cc2)cc1. The molecule has 0 aliphatic heterocycles. The molecule has 0 unspecified atom stereocenters. The minimum absolute atomic E-state index is 0.0173. The van der Waals surface area contributed by atoms with Crippen molar-refractivity contribution >= 4 is 39.1 Å². The lowest BCUT2D eigenvalue weighted by molar-refractivity contribution is -0.139. The largest absolute Gasteiger partial charge is 0.354 e. The van der Waals surface area contributed by atoms with Gasteiger partial charge < -0.3 is 10.2 Å². The van der Waals surface area contributed by atoms with Gasteiger partial charge in [-0.15, -0.1) is 0 Å². The topological polar surface area (TPSA) is 86.8 Å². The maximum absolute atomic E-state index is 13.8. The van der Waals surface area contributed by atoms with E-state index in [-0.39, 0.29) is 29.0 Å². The average molecular weight is 574 g/mol. The molecule has 0 saturated heterocycles. The van der Waals surface area contributed by atoms with E-state index in [1.807, 2.05) is 20.8 Å². The average Bonchev–Trinajstić information content (AvgIpc) is 2.90. The summed E-state index contributed by atoms with van der Waals surface area (Å²) in [6.45, 7) is 7.16. The zero-order chi connectivity index (χ0) is 28.7. The van der Waals surface area contributed by atoms with Gasteiger partial charge in [0.2, 0.25) is 11.8 Å². The van der Waals surface area contributed by atoms with Gasteiger partial charge in [0.1, 0.15) is 18.4 Å². The van der Waals surface area contributed by atoms with E-state index in [9.17, 15) is 22.4 Å². The van der Waals surface area contributed by atoms with Crippen molar-refractivity contribution in [3.63, 3.8) is 0 Å². The van der Waals surface area contributed by atoms with E-state index in [1.165, 1.54) is 65.6 Å². The molecule has 208 valence electrons. The van der Waals surface area contributed by atoms with Gasteiger partial charge in [0.15, 0.2) is 0 Å². The van der Waals surface area contributed by atoms with Crippen molar-refractivity contribution in [1.82, 2.24) is 10.2 Å². The zero-order valence-electron chi connectivity index (χ0n) is 22.4. The van der Waals surface area contributed by atoms with Crippen LogP contribution in [0.25, 0.3) is 0 Å². The molecule has 0 saturated carbocycles. The monoisotopic (exact) mass is 573 g/mol. The number of nitrogens with one attached hydrogen (secondary N) is 1. The predicted molar refractivity (Wildman–Crippen MR) is 151 cm³/mol. The van der Waals surface area contributed by atoms with Gasteiger partial charge in [0.25, 0.3) is 10.0 Å². The zero-order valence-corrected chi connectivity index (χ0v) is 24.0. The Labute approximate surface area is 234 Å². The number of carbonyl (C=O) groups is 2. The van der Waals surface area contributed by atoms with Crippen LogP contribution in [-0.2, 0) is 26.2 Å². The summed E-state index contributed by atoms with van der Waals surface area (Å²) in [4.78, 5) is 28.1. The third kappa shape index (κ3) is 8.03. The third-order valence-electron chi connectivity index (χ3n) is 6.12. The normalized spacial score (nSPS) is 12.2. The molecule has 7 nitrogen and oxygen atoms in total. The molecule has 2 amide bonds. The van der Waals surface area contributed by atoms with Gasteiger partial charge in [-0.05, 0) is 73.9 Å². The Morgan fingerprint density at radius 3 is 2.08 bits per heavy atom. The minimum atomic E-state index is -4.17. The van der Waals surface area contributed by atoms with E-state index in [0.29, 0.717) is 17.1 Å². The summed E-state index contributed by atoms with van der Waals surface area (Å²) >= 11 is 6.04. The highest BCUT2D eigenvalue weighted by molar-refractivity contribution is 7.92. The number of aryl methyl sites for hydroxylation is 1. The molecule has 10 heteroatoms. The first-order chi connectivity index (χ1) is 18.4. The first-order valence-corrected chi connectivity index (χ1v) is 14.4. The predicted octanol–water partition coefficient (Wildman–Crippen LogP) is 5.17. The van der Waals surface area contributed by atoms with Crippen LogP contribution in [0.1, 0.15) is 31.9 Å². The van der Waals surface area contributed by atoms with Crippen LogP contribution in [0, 0.1) is 18.7 Å². The van der Waals surface area contributed by atoms with Crippen LogP contribution < -0.4 is 9.62 Å². The van der Waals surface area contributed by atoms with E-state index in [2.05, 4.69) is 5.32 Å².